The number of nitrogens with one attached hydrogen (secondary N) is 1. The monoisotopic (exact) mass is 660 g/mol. The van der Waals surface area contributed by atoms with Crippen LogP contribution in [0.25, 0.3) is 10.8 Å². The molecule has 0 aliphatic rings. The van der Waals surface area contributed by atoms with Gasteiger partial charge >= 0.3 is 5.69 Å². The molecule has 0 bridgehead atoms. The molecule has 0 aliphatic carbocycles. The highest BCUT2D eigenvalue weighted by molar-refractivity contribution is 7.86. The number of halogens is 1. The summed E-state index contributed by atoms with van der Waals surface area (Å²) >= 11 is 0. The van der Waals surface area contributed by atoms with Crippen LogP contribution in [0, 0.1) is 33.0 Å². The number of nitro groups is 2. The van der Waals surface area contributed by atoms with Gasteiger partial charge < -0.3 is 16.2 Å². The number of nitro benzene ring substituents is 2. The van der Waals surface area contributed by atoms with Gasteiger partial charge in [-0.1, -0.05) is 29.8 Å². The Labute approximate surface area is 263 Å². The lowest BCUT2D eigenvalue weighted by Crippen LogP contribution is -2.01. The standard InChI is InChI=1S/C29H21FN8O8S/c1-15-5-8-17(9-6-15)33-35-21-10-7-16-11-25(47(44,45)46)28(29(39)26(16)27(21)31)36-34-19-4-2-3-18(12-19)32-22-13-20(30)23(37(40)41)14-24(22)38(42)43/h2-14,32,39H,31H2,1H3,(H,44,45,46). The first-order valence-electron chi connectivity index (χ1n) is 13.2. The van der Waals surface area contributed by atoms with Crippen molar-refractivity contribution in [1.82, 2.24) is 0 Å². The highest BCUT2D eigenvalue weighted by Gasteiger charge is 2.26. The van der Waals surface area contributed by atoms with Crippen molar-refractivity contribution in [2.75, 3.05) is 11.1 Å². The number of aromatic hydroxyl groups is 1. The smallest absolute Gasteiger partial charge is 0.311 e. The summed E-state index contributed by atoms with van der Waals surface area (Å²) in [5.41, 5.74) is 5.08. The van der Waals surface area contributed by atoms with Gasteiger partial charge in [-0.05, 0) is 54.8 Å². The number of aryl methyl sites for hydroxylation is 1. The number of anilines is 3. The average molecular weight is 661 g/mol. The van der Waals surface area contributed by atoms with Gasteiger partial charge in [-0.25, -0.2) is 0 Å². The number of nitrogen functional groups attached to an aromatic ring is 1. The van der Waals surface area contributed by atoms with Crippen molar-refractivity contribution in [3.63, 3.8) is 0 Å². The van der Waals surface area contributed by atoms with Crippen LogP contribution in [0.4, 0.5) is 55.6 Å². The largest absolute Gasteiger partial charge is 0.505 e. The predicted molar refractivity (Wildman–Crippen MR) is 169 cm³/mol. The molecule has 0 heterocycles. The summed E-state index contributed by atoms with van der Waals surface area (Å²) in [6.07, 6.45) is 0. The molecule has 18 heteroatoms. The Kier molecular flexibility index (Phi) is 8.54. The lowest BCUT2D eigenvalue weighted by Gasteiger charge is -2.12. The molecule has 0 unspecified atom stereocenters. The van der Waals surface area contributed by atoms with E-state index in [9.17, 15) is 42.7 Å². The molecular formula is C29H21FN8O8S. The van der Waals surface area contributed by atoms with Crippen LogP contribution in [-0.2, 0) is 10.1 Å². The number of hydrogen-bond donors (Lipinski definition) is 4. The molecule has 5 aromatic rings. The number of nitrogens with two attached hydrogens (primary N) is 1. The van der Waals surface area contributed by atoms with E-state index in [2.05, 4.69) is 25.8 Å². The number of fused-ring (bicyclic) bond motifs is 1. The van der Waals surface area contributed by atoms with Crippen molar-refractivity contribution in [3.8, 4) is 5.75 Å². The first-order valence-corrected chi connectivity index (χ1v) is 14.6. The second-order valence-corrected chi connectivity index (χ2v) is 11.3. The maximum Gasteiger partial charge on any atom is 0.311 e. The molecule has 16 nitrogen and oxygen atoms in total. The molecule has 0 radical (unpaired) electrons. The van der Waals surface area contributed by atoms with Crippen LogP contribution >= 0.6 is 0 Å². The fourth-order valence-corrected chi connectivity index (χ4v) is 5.07. The number of rotatable bonds is 9. The zero-order valence-electron chi connectivity index (χ0n) is 23.9. The summed E-state index contributed by atoms with van der Waals surface area (Å²) in [5, 5.41) is 52.4. The van der Waals surface area contributed by atoms with E-state index in [0.29, 0.717) is 17.8 Å². The molecule has 5 aromatic carbocycles. The molecule has 0 fully saturated rings. The highest BCUT2D eigenvalue weighted by Crippen LogP contribution is 2.46. The molecule has 0 spiro atoms. The maximum atomic E-state index is 14.3. The van der Waals surface area contributed by atoms with Gasteiger partial charge in [0.05, 0.1) is 38.4 Å². The van der Waals surface area contributed by atoms with Crippen molar-refractivity contribution in [1.29, 1.82) is 0 Å². The minimum atomic E-state index is -4.96. The van der Waals surface area contributed by atoms with Crippen LogP contribution in [-0.4, -0.2) is 27.9 Å². The number of hydrogen-bond acceptors (Lipinski definition) is 13. The molecule has 0 aromatic heterocycles. The Bertz CT molecular complexity index is 2260. The number of benzene rings is 5. The lowest BCUT2D eigenvalue weighted by molar-refractivity contribution is -0.395. The second kappa shape index (κ2) is 12.5. The Hall–Kier alpha value is -6.40. The quantitative estimate of drug-likeness (QED) is 0.0387. The van der Waals surface area contributed by atoms with E-state index in [1.165, 1.54) is 36.4 Å². The first kappa shape index (κ1) is 32.0. The Balaban J connectivity index is 1.54. The van der Waals surface area contributed by atoms with Gasteiger partial charge in [-0.2, -0.15) is 23.0 Å². The second-order valence-electron chi connectivity index (χ2n) is 9.89. The van der Waals surface area contributed by atoms with E-state index >= 15 is 0 Å². The fraction of sp³-hybridized carbons (Fsp3) is 0.0345. The summed E-state index contributed by atoms with van der Waals surface area (Å²) < 4.78 is 48.7. The molecule has 0 aliphatic heterocycles. The molecule has 238 valence electrons. The Morgan fingerprint density at radius 2 is 1.53 bits per heavy atom. The van der Waals surface area contributed by atoms with Crippen molar-refractivity contribution in [2.24, 2.45) is 20.5 Å². The highest BCUT2D eigenvalue weighted by atomic mass is 32.2. The zero-order chi connectivity index (χ0) is 34.0. The molecule has 0 saturated carbocycles. The molecular weight excluding hydrogens is 639 g/mol. The van der Waals surface area contributed by atoms with E-state index in [-0.39, 0.29) is 33.5 Å². The third kappa shape index (κ3) is 6.82. The van der Waals surface area contributed by atoms with Crippen LogP contribution in [0.2, 0.25) is 0 Å². The van der Waals surface area contributed by atoms with Crippen LogP contribution in [0.5, 0.6) is 5.75 Å². The van der Waals surface area contributed by atoms with Gasteiger partial charge in [-0.15, -0.1) is 10.2 Å². The third-order valence-corrected chi connectivity index (χ3v) is 7.54. The van der Waals surface area contributed by atoms with E-state index < -0.39 is 59.2 Å². The first-order chi connectivity index (χ1) is 22.2. The van der Waals surface area contributed by atoms with Crippen molar-refractivity contribution in [2.45, 2.75) is 11.8 Å². The number of phenolic OH excluding ortho intramolecular Hbond substituents is 1. The maximum absolute atomic E-state index is 14.3. The average Bonchev–Trinajstić information content (AvgIpc) is 3.00. The molecule has 47 heavy (non-hydrogen) atoms. The van der Waals surface area contributed by atoms with Crippen molar-refractivity contribution < 1.29 is 32.3 Å². The van der Waals surface area contributed by atoms with E-state index in [1.54, 1.807) is 12.1 Å². The normalized spacial score (nSPS) is 11.8. The Morgan fingerprint density at radius 3 is 2.19 bits per heavy atom. The number of phenols is 1. The van der Waals surface area contributed by atoms with Gasteiger partial charge in [0.15, 0.2) is 5.75 Å². The fourth-order valence-electron chi connectivity index (χ4n) is 4.41. The predicted octanol–water partition coefficient (Wildman–Crippen LogP) is 8.21. The number of azo groups is 2. The summed E-state index contributed by atoms with van der Waals surface area (Å²) in [6.45, 7) is 1.91. The van der Waals surface area contributed by atoms with Crippen LogP contribution < -0.4 is 11.1 Å². The van der Waals surface area contributed by atoms with Gasteiger partial charge in [0.1, 0.15) is 22.0 Å². The van der Waals surface area contributed by atoms with E-state index in [1.807, 2.05) is 19.1 Å². The van der Waals surface area contributed by atoms with Crippen molar-refractivity contribution in [3.05, 3.63) is 110 Å². The minimum absolute atomic E-state index is 0.00874. The Morgan fingerprint density at radius 1 is 0.851 bits per heavy atom. The minimum Gasteiger partial charge on any atom is -0.505 e. The zero-order valence-corrected chi connectivity index (χ0v) is 24.7. The van der Waals surface area contributed by atoms with E-state index in [4.69, 9.17) is 5.73 Å². The summed E-state index contributed by atoms with van der Waals surface area (Å²) in [4.78, 5) is 19.7. The van der Waals surface area contributed by atoms with Gasteiger partial charge in [0.2, 0.25) is 5.82 Å². The third-order valence-electron chi connectivity index (χ3n) is 6.67. The summed E-state index contributed by atoms with van der Waals surface area (Å²) in [5.74, 6) is -2.06. The molecule has 0 atom stereocenters. The lowest BCUT2D eigenvalue weighted by atomic mass is 10.1. The van der Waals surface area contributed by atoms with Gasteiger partial charge in [0, 0.05) is 11.8 Å². The van der Waals surface area contributed by atoms with E-state index in [0.717, 1.165) is 11.6 Å². The molecule has 0 amide bonds. The van der Waals surface area contributed by atoms with Crippen LogP contribution in [0.3, 0.4) is 0 Å². The topological polar surface area (TPSA) is 248 Å². The van der Waals surface area contributed by atoms with Gasteiger partial charge in [-0.3, -0.25) is 24.8 Å². The molecule has 5 N–H and O–H groups in total. The molecule has 0 saturated heterocycles. The van der Waals surface area contributed by atoms with Crippen molar-refractivity contribution >= 4 is 72.1 Å². The van der Waals surface area contributed by atoms with Gasteiger partial charge in [0.25, 0.3) is 15.8 Å². The summed E-state index contributed by atoms with van der Waals surface area (Å²) in [6, 6.07) is 17.6. The molecule has 5 rings (SSSR count). The SMILES string of the molecule is Cc1ccc(N=Nc2ccc3cc(S(=O)(=O)O)c(N=Nc4cccc(Nc5cc(F)c([N+](=O)[O-])cc5[N+](=O)[O-])c4)c(O)c3c2N)cc1. The summed E-state index contributed by atoms with van der Waals surface area (Å²) in [7, 11) is -4.96. The number of nitrogens with zero attached hydrogens (tertiary/aromatic N) is 6. The van der Waals surface area contributed by atoms with Crippen LogP contribution in [0.1, 0.15) is 5.56 Å². The van der Waals surface area contributed by atoms with Crippen LogP contribution in [0.15, 0.2) is 104 Å².